The summed E-state index contributed by atoms with van der Waals surface area (Å²) in [7, 11) is 1.82. The van der Waals surface area contributed by atoms with Crippen LogP contribution in [0.25, 0.3) is 22.4 Å². The average molecular weight is 570 g/mol. The maximum atomic E-state index is 14.7. The van der Waals surface area contributed by atoms with E-state index in [2.05, 4.69) is 25.4 Å². The molecule has 3 aromatic heterocycles. The van der Waals surface area contributed by atoms with Gasteiger partial charge < -0.3 is 19.3 Å². The standard InChI is InChI=1S/C28H27F4N7O2/c1-38-10-8-22(19(29)14-38)35-21-6-4-7-23-18(21)12-24(39(23)15-28(30,31)32)26-36-25(41-37-26)13-34-27(40)17-11-16(17)20-5-2-3-9-33-20/h2-7,9,12,16-17,19H,8,10-11,13-15H2,1H3,(H,34,40)/b35-22+/t16-,17-,19+/m1/s1. The van der Waals surface area contributed by atoms with Crippen molar-refractivity contribution in [3.8, 4) is 11.5 Å². The molecule has 0 radical (unpaired) electrons. The third-order valence-electron chi connectivity index (χ3n) is 7.41. The Hall–Kier alpha value is -4.13. The summed E-state index contributed by atoms with van der Waals surface area (Å²) >= 11 is 0. The highest BCUT2D eigenvalue weighted by atomic mass is 19.4. The number of nitrogens with zero attached hydrogens (tertiary/aromatic N) is 6. The molecule has 13 heteroatoms. The van der Waals surface area contributed by atoms with Gasteiger partial charge in [-0.25, -0.2) is 4.39 Å². The van der Waals surface area contributed by atoms with Gasteiger partial charge in [-0.05, 0) is 43.8 Å². The van der Waals surface area contributed by atoms with Gasteiger partial charge in [0.15, 0.2) is 6.17 Å². The number of aliphatic imine (C=N–C) groups is 1. The van der Waals surface area contributed by atoms with E-state index in [1.807, 2.05) is 30.1 Å². The largest absolute Gasteiger partial charge is 0.406 e. The Bertz CT molecular complexity index is 1600. The first-order chi connectivity index (χ1) is 19.7. The van der Waals surface area contributed by atoms with E-state index >= 15 is 0 Å². The number of benzene rings is 1. The molecule has 1 aromatic carbocycles. The lowest BCUT2D eigenvalue weighted by Crippen LogP contribution is -2.39. The number of carbonyl (C=O) groups is 1. The molecule has 1 aliphatic carbocycles. The Balaban J connectivity index is 1.25. The maximum Gasteiger partial charge on any atom is 0.406 e. The summed E-state index contributed by atoms with van der Waals surface area (Å²) in [6.07, 6.45) is -3.00. The number of carbonyl (C=O) groups excluding carboxylic acids is 1. The summed E-state index contributed by atoms with van der Waals surface area (Å²) in [6.45, 7) is -0.508. The zero-order valence-electron chi connectivity index (χ0n) is 22.1. The highest BCUT2D eigenvalue weighted by molar-refractivity contribution is 5.99. The van der Waals surface area contributed by atoms with E-state index in [0.717, 1.165) is 10.3 Å². The van der Waals surface area contributed by atoms with Gasteiger partial charge in [0.1, 0.15) is 6.54 Å². The summed E-state index contributed by atoms with van der Waals surface area (Å²) in [5, 5.41) is 7.08. The van der Waals surface area contributed by atoms with Crippen LogP contribution in [0.15, 0.2) is 58.2 Å². The second-order valence-corrected chi connectivity index (χ2v) is 10.5. The number of hydrogen-bond donors (Lipinski definition) is 1. The fraction of sp³-hybridized carbons (Fsp3) is 0.393. The number of halogens is 4. The van der Waals surface area contributed by atoms with Crippen LogP contribution in [0.4, 0.5) is 23.2 Å². The van der Waals surface area contributed by atoms with Gasteiger partial charge in [0.25, 0.3) is 0 Å². The number of hydrogen-bond acceptors (Lipinski definition) is 7. The summed E-state index contributed by atoms with van der Waals surface area (Å²) in [5.41, 5.74) is 1.92. The third kappa shape index (κ3) is 5.85. The summed E-state index contributed by atoms with van der Waals surface area (Å²) < 4.78 is 61.9. The van der Waals surface area contributed by atoms with Gasteiger partial charge in [-0.3, -0.25) is 14.8 Å². The molecular weight excluding hydrogens is 542 g/mol. The molecule has 0 spiro atoms. The smallest absolute Gasteiger partial charge is 0.347 e. The van der Waals surface area contributed by atoms with Crippen molar-refractivity contribution in [3.63, 3.8) is 0 Å². The molecule has 1 N–H and O–H groups in total. The van der Waals surface area contributed by atoms with E-state index < -0.39 is 18.9 Å². The molecule has 3 atom stereocenters. The van der Waals surface area contributed by atoms with E-state index in [1.54, 1.807) is 24.4 Å². The zero-order chi connectivity index (χ0) is 28.7. The van der Waals surface area contributed by atoms with Gasteiger partial charge in [0.05, 0.1) is 29.2 Å². The number of rotatable bonds is 7. The number of piperidine rings is 1. The highest BCUT2D eigenvalue weighted by Crippen LogP contribution is 2.46. The van der Waals surface area contributed by atoms with Crippen molar-refractivity contribution in [1.82, 2.24) is 29.9 Å². The number of fused-ring (bicyclic) bond motifs is 1. The minimum absolute atomic E-state index is 0.0486. The van der Waals surface area contributed by atoms with Crippen molar-refractivity contribution in [3.05, 3.63) is 60.2 Å². The molecule has 1 saturated carbocycles. The van der Waals surface area contributed by atoms with Crippen LogP contribution in [0, 0.1) is 5.92 Å². The predicted octanol–water partition coefficient (Wildman–Crippen LogP) is 4.81. The van der Waals surface area contributed by atoms with E-state index in [4.69, 9.17) is 4.52 Å². The Kier molecular flexibility index (Phi) is 7.06. The number of alkyl halides is 4. The maximum absolute atomic E-state index is 14.7. The predicted molar refractivity (Wildman–Crippen MR) is 142 cm³/mol. The average Bonchev–Trinajstić information content (AvgIpc) is 3.47. The van der Waals surface area contributed by atoms with Crippen LogP contribution in [-0.2, 0) is 17.9 Å². The van der Waals surface area contributed by atoms with Crippen molar-refractivity contribution in [1.29, 1.82) is 0 Å². The van der Waals surface area contributed by atoms with Crippen LogP contribution < -0.4 is 5.32 Å². The van der Waals surface area contributed by atoms with Crippen LogP contribution in [0.3, 0.4) is 0 Å². The van der Waals surface area contributed by atoms with Gasteiger partial charge in [-0.15, -0.1) is 0 Å². The molecule has 214 valence electrons. The van der Waals surface area contributed by atoms with Crippen molar-refractivity contribution in [2.24, 2.45) is 10.9 Å². The minimum Gasteiger partial charge on any atom is -0.347 e. The molecule has 0 bridgehead atoms. The zero-order valence-corrected chi connectivity index (χ0v) is 22.1. The molecule has 1 saturated heterocycles. The number of aromatic nitrogens is 4. The van der Waals surface area contributed by atoms with Crippen molar-refractivity contribution < 1.29 is 26.9 Å². The topological polar surface area (TPSA) is 101 Å². The fourth-order valence-electron chi connectivity index (χ4n) is 5.25. The summed E-state index contributed by atoms with van der Waals surface area (Å²) in [5.74, 6) is -0.356. The van der Waals surface area contributed by atoms with Gasteiger partial charge in [-0.1, -0.05) is 17.3 Å². The van der Waals surface area contributed by atoms with Crippen molar-refractivity contribution in [2.75, 3.05) is 20.1 Å². The van der Waals surface area contributed by atoms with Gasteiger partial charge in [0.2, 0.25) is 17.6 Å². The molecule has 2 fully saturated rings. The Labute approximate surface area is 232 Å². The molecule has 9 nitrogen and oxygen atoms in total. The SMILES string of the molecule is CN1CC/C(=N\c2cccc3c2cc(-c2noc(CNC(=O)[C@@H]4C[C@H]4c4ccccn4)n2)n3CC(F)(F)F)[C@@H](F)C1. The van der Waals surface area contributed by atoms with E-state index in [-0.39, 0.29) is 53.8 Å². The number of amides is 1. The van der Waals surface area contributed by atoms with Crippen LogP contribution in [0.5, 0.6) is 0 Å². The van der Waals surface area contributed by atoms with E-state index in [1.165, 1.54) is 6.07 Å². The van der Waals surface area contributed by atoms with E-state index in [0.29, 0.717) is 36.2 Å². The lowest BCUT2D eigenvalue weighted by atomic mass is 10.1. The first kappa shape index (κ1) is 27.1. The van der Waals surface area contributed by atoms with Crippen molar-refractivity contribution >= 4 is 28.2 Å². The Morgan fingerprint density at radius 1 is 1.22 bits per heavy atom. The van der Waals surface area contributed by atoms with Crippen LogP contribution in [-0.4, -0.2) is 68.7 Å². The lowest BCUT2D eigenvalue weighted by molar-refractivity contribution is -0.139. The molecule has 1 amide bonds. The molecule has 4 aromatic rings. The molecule has 0 unspecified atom stereocenters. The fourth-order valence-corrected chi connectivity index (χ4v) is 5.25. The van der Waals surface area contributed by atoms with Crippen LogP contribution in [0.1, 0.15) is 30.3 Å². The molecule has 41 heavy (non-hydrogen) atoms. The second-order valence-electron chi connectivity index (χ2n) is 10.5. The molecule has 2 aliphatic rings. The van der Waals surface area contributed by atoms with Gasteiger partial charge >= 0.3 is 6.18 Å². The first-order valence-electron chi connectivity index (χ1n) is 13.3. The Morgan fingerprint density at radius 2 is 2.07 bits per heavy atom. The van der Waals surface area contributed by atoms with Gasteiger partial charge in [0, 0.05) is 48.6 Å². The second kappa shape index (κ2) is 10.7. The number of likely N-dealkylation sites (tertiary alicyclic amines) is 1. The van der Waals surface area contributed by atoms with Crippen LogP contribution >= 0.6 is 0 Å². The summed E-state index contributed by atoms with van der Waals surface area (Å²) in [6, 6.07) is 11.9. The van der Waals surface area contributed by atoms with E-state index in [9.17, 15) is 22.4 Å². The van der Waals surface area contributed by atoms with Gasteiger partial charge in [-0.2, -0.15) is 18.2 Å². The first-order valence-corrected chi connectivity index (χ1v) is 13.3. The molecule has 4 heterocycles. The monoisotopic (exact) mass is 569 g/mol. The molecule has 6 rings (SSSR count). The third-order valence-corrected chi connectivity index (χ3v) is 7.41. The highest BCUT2D eigenvalue weighted by Gasteiger charge is 2.44. The quantitative estimate of drug-likeness (QED) is 0.321. The normalized spacial score (nSPS) is 22.4. The summed E-state index contributed by atoms with van der Waals surface area (Å²) in [4.78, 5) is 27.5. The molecular formula is C28H27F4N7O2. The number of pyridine rings is 1. The molecule has 1 aliphatic heterocycles. The Morgan fingerprint density at radius 3 is 2.83 bits per heavy atom. The van der Waals surface area contributed by atoms with Crippen molar-refractivity contribution in [2.45, 2.75) is 44.2 Å². The number of nitrogens with one attached hydrogen (secondary N) is 1. The lowest BCUT2D eigenvalue weighted by Gasteiger charge is -2.26. The minimum atomic E-state index is -4.53. The van der Waals surface area contributed by atoms with Crippen LogP contribution in [0.2, 0.25) is 0 Å².